The number of fused-ring (bicyclic) bond motifs is 1. The van der Waals surface area contributed by atoms with E-state index in [0.717, 1.165) is 12.8 Å². The predicted molar refractivity (Wildman–Crippen MR) is 160 cm³/mol. The first kappa shape index (κ1) is 26.8. The quantitative estimate of drug-likeness (QED) is 0.259. The van der Waals surface area contributed by atoms with E-state index in [4.69, 9.17) is 22.3 Å². The monoisotopic (exact) mass is 586 g/mol. The third-order valence-electron chi connectivity index (χ3n) is 7.18. The van der Waals surface area contributed by atoms with Crippen molar-refractivity contribution in [3.63, 3.8) is 0 Å². The fraction of sp³-hybridized carbons (Fsp3) is 0.167. The molecule has 1 aliphatic heterocycles. The maximum Gasteiger partial charge on any atom is 0.268 e. The Balaban J connectivity index is 1.30. The van der Waals surface area contributed by atoms with Crippen LogP contribution in [0.3, 0.4) is 0 Å². The Hall–Kier alpha value is -4.41. The van der Waals surface area contributed by atoms with Crippen molar-refractivity contribution in [2.24, 2.45) is 0 Å². The SMILES string of the molecule is Nc1ccc(C(=O)N2CCC[C@@H](Nc3ncc(Cl)c(-c4cn(S(=O)(=O)c5ccccc5)c5ccccc45)n3)C2)cc1. The van der Waals surface area contributed by atoms with Gasteiger partial charge in [0.2, 0.25) is 5.95 Å². The molecule has 0 aliphatic carbocycles. The van der Waals surface area contributed by atoms with Crippen LogP contribution >= 0.6 is 11.6 Å². The molecule has 1 amide bonds. The number of nitrogens with one attached hydrogen (secondary N) is 1. The Labute approximate surface area is 242 Å². The summed E-state index contributed by atoms with van der Waals surface area (Å²) >= 11 is 6.58. The number of anilines is 2. The lowest BCUT2D eigenvalue weighted by molar-refractivity contribution is 0.0714. The summed E-state index contributed by atoms with van der Waals surface area (Å²) in [6.07, 6.45) is 4.72. The number of aromatic nitrogens is 3. The number of benzene rings is 3. The topological polar surface area (TPSA) is 123 Å². The molecule has 208 valence electrons. The number of carbonyl (C=O) groups is 1. The third-order valence-corrected chi connectivity index (χ3v) is 9.14. The summed E-state index contributed by atoms with van der Waals surface area (Å²) in [4.78, 5) is 24.1. The van der Waals surface area contributed by atoms with Crippen LogP contribution in [0.4, 0.5) is 11.6 Å². The number of likely N-dealkylation sites (tertiary alicyclic amines) is 1. The molecule has 1 fully saturated rings. The van der Waals surface area contributed by atoms with Gasteiger partial charge in [-0.05, 0) is 55.3 Å². The summed E-state index contributed by atoms with van der Waals surface area (Å²) in [7, 11) is -3.87. The number of nitrogens with two attached hydrogens (primary N) is 1. The summed E-state index contributed by atoms with van der Waals surface area (Å²) in [5.41, 5.74) is 8.46. The van der Waals surface area contributed by atoms with E-state index in [1.54, 1.807) is 72.9 Å². The Bertz CT molecular complexity index is 1840. The molecule has 3 aromatic carbocycles. The Kier molecular flexibility index (Phi) is 7.10. The van der Waals surface area contributed by atoms with E-state index in [2.05, 4.69) is 10.3 Å². The van der Waals surface area contributed by atoms with Gasteiger partial charge in [-0.15, -0.1) is 0 Å². The molecule has 1 saturated heterocycles. The molecule has 1 atom stereocenters. The van der Waals surface area contributed by atoms with E-state index in [1.165, 1.54) is 10.2 Å². The van der Waals surface area contributed by atoms with E-state index in [0.29, 0.717) is 57.5 Å². The fourth-order valence-corrected chi connectivity index (χ4v) is 6.72. The number of halogens is 1. The molecule has 0 radical (unpaired) electrons. The van der Waals surface area contributed by atoms with Crippen molar-refractivity contribution in [3.05, 3.63) is 102 Å². The largest absolute Gasteiger partial charge is 0.399 e. The summed E-state index contributed by atoms with van der Waals surface area (Å²) in [5.74, 6) is 0.292. The molecule has 1 aliphatic rings. The normalized spacial score (nSPS) is 15.6. The highest BCUT2D eigenvalue weighted by Crippen LogP contribution is 2.36. The zero-order valence-corrected chi connectivity index (χ0v) is 23.5. The van der Waals surface area contributed by atoms with Gasteiger partial charge in [-0.25, -0.2) is 22.4 Å². The van der Waals surface area contributed by atoms with Crippen LogP contribution in [0.15, 0.2) is 96.2 Å². The van der Waals surface area contributed by atoms with Crippen LogP contribution in [0.25, 0.3) is 22.2 Å². The average molecular weight is 587 g/mol. The third kappa shape index (κ3) is 5.23. The number of nitrogens with zero attached hydrogens (tertiary/aromatic N) is 4. The van der Waals surface area contributed by atoms with Crippen molar-refractivity contribution in [1.29, 1.82) is 0 Å². The van der Waals surface area contributed by atoms with Crippen molar-refractivity contribution >= 4 is 50.1 Å². The molecule has 0 spiro atoms. The molecule has 0 unspecified atom stereocenters. The number of piperidine rings is 1. The van der Waals surface area contributed by atoms with Gasteiger partial charge in [0.25, 0.3) is 15.9 Å². The number of para-hydroxylation sites is 1. The van der Waals surface area contributed by atoms with E-state index in [-0.39, 0.29) is 16.8 Å². The van der Waals surface area contributed by atoms with Gasteiger partial charge in [0.1, 0.15) is 0 Å². The molecule has 2 aromatic heterocycles. The lowest BCUT2D eigenvalue weighted by Gasteiger charge is -2.33. The molecule has 11 heteroatoms. The van der Waals surface area contributed by atoms with Crippen LogP contribution in [0, 0.1) is 0 Å². The van der Waals surface area contributed by atoms with Crippen LogP contribution < -0.4 is 11.1 Å². The van der Waals surface area contributed by atoms with Gasteiger partial charge in [-0.2, -0.15) is 0 Å². The molecular formula is C30H27ClN6O3S. The minimum atomic E-state index is -3.87. The van der Waals surface area contributed by atoms with Gasteiger partial charge in [0.15, 0.2) is 0 Å². The highest BCUT2D eigenvalue weighted by atomic mass is 35.5. The van der Waals surface area contributed by atoms with Gasteiger partial charge in [0, 0.05) is 47.5 Å². The average Bonchev–Trinajstić information content (AvgIpc) is 3.39. The van der Waals surface area contributed by atoms with Crippen LogP contribution in [0.5, 0.6) is 0 Å². The van der Waals surface area contributed by atoms with Gasteiger partial charge in [-0.3, -0.25) is 4.79 Å². The van der Waals surface area contributed by atoms with E-state index in [1.807, 2.05) is 17.0 Å². The lowest BCUT2D eigenvalue weighted by atomic mass is 10.0. The minimum absolute atomic E-state index is 0.0540. The standard InChI is InChI=1S/C30H27ClN6O3S/c31-26-17-33-30(34-22-7-6-16-36(18-22)29(38)20-12-14-21(32)15-13-20)35-28(26)25-19-37(27-11-5-4-10-24(25)27)41(39,40)23-8-2-1-3-9-23/h1-5,8-15,17,19,22H,6-7,16,18,32H2,(H,33,34,35)/t22-/m1/s1. The van der Waals surface area contributed by atoms with E-state index < -0.39 is 10.0 Å². The van der Waals surface area contributed by atoms with Crippen LogP contribution in [-0.4, -0.2) is 52.3 Å². The number of carbonyl (C=O) groups excluding carboxylic acids is 1. The molecule has 5 aromatic rings. The molecule has 9 nitrogen and oxygen atoms in total. The van der Waals surface area contributed by atoms with E-state index in [9.17, 15) is 13.2 Å². The summed E-state index contributed by atoms with van der Waals surface area (Å²) in [5, 5.41) is 4.34. The van der Waals surface area contributed by atoms with E-state index >= 15 is 0 Å². The summed E-state index contributed by atoms with van der Waals surface area (Å²) < 4.78 is 28.4. The van der Waals surface area contributed by atoms with Crippen molar-refractivity contribution in [1.82, 2.24) is 18.8 Å². The highest BCUT2D eigenvalue weighted by molar-refractivity contribution is 7.90. The Morgan fingerprint density at radius 1 is 1.00 bits per heavy atom. The molecular weight excluding hydrogens is 560 g/mol. The van der Waals surface area contributed by atoms with Crippen LogP contribution in [0.1, 0.15) is 23.2 Å². The molecule has 6 rings (SSSR count). The van der Waals surface area contributed by atoms with Crippen molar-refractivity contribution < 1.29 is 13.2 Å². The van der Waals surface area contributed by atoms with Gasteiger partial charge >= 0.3 is 0 Å². The van der Waals surface area contributed by atoms with Crippen molar-refractivity contribution in [2.75, 3.05) is 24.1 Å². The first-order chi connectivity index (χ1) is 19.8. The number of rotatable bonds is 6. The zero-order chi connectivity index (χ0) is 28.6. The maximum absolute atomic E-state index is 13.6. The highest BCUT2D eigenvalue weighted by Gasteiger charge is 2.26. The number of hydrogen-bond acceptors (Lipinski definition) is 7. The maximum atomic E-state index is 13.6. The summed E-state index contributed by atoms with van der Waals surface area (Å²) in [6.45, 7) is 1.14. The molecule has 41 heavy (non-hydrogen) atoms. The second kappa shape index (κ2) is 10.9. The van der Waals surface area contributed by atoms with Gasteiger partial charge in [-0.1, -0.05) is 48.0 Å². The molecule has 0 saturated carbocycles. The molecule has 3 heterocycles. The smallest absolute Gasteiger partial charge is 0.268 e. The van der Waals surface area contributed by atoms with Crippen molar-refractivity contribution in [2.45, 2.75) is 23.8 Å². The minimum Gasteiger partial charge on any atom is -0.399 e. The predicted octanol–water partition coefficient (Wildman–Crippen LogP) is 5.29. The first-order valence-electron chi connectivity index (χ1n) is 13.2. The van der Waals surface area contributed by atoms with Crippen molar-refractivity contribution in [3.8, 4) is 11.3 Å². The number of amides is 1. The fourth-order valence-electron chi connectivity index (χ4n) is 5.14. The Morgan fingerprint density at radius 3 is 2.51 bits per heavy atom. The first-order valence-corrected chi connectivity index (χ1v) is 15.0. The second-order valence-electron chi connectivity index (χ2n) is 9.92. The lowest BCUT2D eigenvalue weighted by Crippen LogP contribution is -2.45. The molecule has 3 N–H and O–H groups in total. The number of hydrogen-bond donors (Lipinski definition) is 2. The molecule has 0 bridgehead atoms. The second-order valence-corrected chi connectivity index (χ2v) is 12.1. The van der Waals surface area contributed by atoms with Crippen LogP contribution in [0.2, 0.25) is 5.02 Å². The Morgan fingerprint density at radius 2 is 1.73 bits per heavy atom. The zero-order valence-electron chi connectivity index (χ0n) is 21.9. The van der Waals surface area contributed by atoms with Gasteiger partial charge in [0.05, 0.1) is 27.3 Å². The van der Waals surface area contributed by atoms with Gasteiger partial charge < -0.3 is 16.0 Å². The van der Waals surface area contributed by atoms with Crippen LogP contribution in [-0.2, 0) is 10.0 Å². The number of nitrogen functional groups attached to an aromatic ring is 1. The summed E-state index contributed by atoms with van der Waals surface area (Å²) in [6, 6.07) is 22.3.